The summed E-state index contributed by atoms with van der Waals surface area (Å²) in [4.78, 5) is 12.6. The fraction of sp³-hybridized carbons (Fsp3) is 0.261. The fourth-order valence-electron chi connectivity index (χ4n) is 3.08. The first-order valence-corrected chi connectivity index (χ1v) is 10.3. The molecule has 0 bridgehead atoms. The summed E-state index contributed by atoms with van der Waals surface area (Å²) < 4.78 is 6.62. The van der Waals surface area contributed by atoms with Gasteiger partial charge >= 0.3 is 0 Å². The number of Topliss-reactive ketones (excluding diaryl/α,β-unsaturated/α-hetero) is 1. The van der Waals surface area contributed by atoms with Crippen molar-refractivity contribution >= 4 is 28.7 Å². The van der Waals surface area contributed by atoms with Gasteiger partial charge in [-0.15, -0.1) is 11.3 Å². The molecule has 0 saturated heterocycles. The van der Waals surface area contributed by atoms with Crippen molar-refractivity contribution in [2.75, 3.05) is 0 Å². The minimum atomic E-state index is 0.244. The van der Waals surface area contributed by atoms with Gasteiger partial charge in [0.05, 0.1) is 4.34 Å². The molecule has 0 aliphatic rings. The van der Waals surface area contributed by atoms with Crippen molar-refractivity contribution in [2.24, 2.45) is 0 Å². The molecule has 0 aliphatic carbocycles. The summed E-state index contributed by atoms with van der Waals surface area (Å²) in [5.41, 5.74) is 2.53. The minimum absolute atomic E-state index is 0.244. The second-order valence-electron chi connectivity index (χ2n) is 6.69. The van der Waals surface area contributed by atoms with E-state index in [0.717, 1.165) is 27.8 Å². The van der Waals surface area contributed by atoms with Crippen molar-refractivity contribution in [2.45, 2.75) is 38.7 Å². The van der Waals surface area contributed by atoms with Crippen LogP contribution >= 0.6 is 22.9 Å². The van der Waals surface area contributed by atoms with Crippen molar-refractivity contribution in [1.82, 2.24) is 0 Å². The number of hydrogen-bond donors (Lipinski definition) is 0. The van der Waals surface area contributed by atoms with E-state index >= 15 is 0 Å². The lowest BCUT2D eigenvalue weighted by Crippen LogP contribution is -2.05. The van der Waals surface area contributed by atoms with Crippen molar-refractivity contribution in [3.05, 3.63) is 87.1 Å². The Balaban J connectivity index is 1.62. The number of ketones is 1. The molecular weight excluding hydrogens is 376 g/mol. The molecule has 1 unspecified atom stereocenters. The van der Waals surface area contributed by atoms with Gasteiger partial charge in [-0.2, -0.15) is 0 Å². The van der Waals surface area contributed by atoms with E-state index in [9.17, 15) is 4.79 Å². The first-order valence-electron chi connectivity index (χ1n) is 9.10. The van der Waals surface area contributed by atoms with E-state index in [1.165, 1.54) is 22.5 Å². The first kappa shape index (κ1) is 19.7. The van der Waals surface area contributed by atoms with Gasteiger partial charge in [0.25, 0.3) is 0 Å². The van der Waals surface area contributed by atoms with E-state index in [1.807, 2.05) is 30.3 Å². The number of rotatable bonds is 9. The highest BCUT2D eigenvalue weighted by Gasteiger charge is 2.13. The molecule has 0 N–H and O–H groups in total. The van der Waals surface area contributed by atoms with Crippen molar-refractivity contribution in [3.8, 4) is 5.75 Å². The van der Waals surface area contributed by atoms with Crippen LogP contribution in [0.15, 0.2) is 66.7 Å². The van der Waals surface area contributed by atoms with Crippen LogP contribution in [0.5, 0.6) is 5.75 Å². The van der Waals surface area contributed by atoms with Crippen molar-refractivity contribution in [3.63, 3.8) is 0 Å². The predicted molar refractivity (Wildman–Crippen MR) is 113 cm³/mol. The van der Waals surface area contributed by atoms with Gasteiger partial charge in [0.2, 0.25) is 0 Å². The van der Waals surface area contributed by atoms with Gasteiger partial charge in [-0.25, -0.2) is 0 Å². The fourth-order valence-corrected chi connectivity index (χ4v) is 4.08. The second-order valence-corrected chi connectivity index (χ2v) is 8.49. The zero-order chi connectivity index (χ0) is 19.1. The van der Waals surface area contributed by atoms with Gasteiger partial charge in [-0.3, -0.25) is 0 Å². The first-order chi connectivity index (χ1) is 13.1. The van der Waals surface area contributed by atoms with Crippen LogP contribution in [0.4, 0.5) is 0 Å². The highest BCUT2D eigenvalue weighted by atomic mass is 35.5. The Morgan fingerprint density at radius 2 is 1.78 bits per heavy atom. The number of carbonyl (C=O) groups excluding carboxylic acids is 1. The zero-order valence-corrected chi connectivity index (χ0v) is 16.9. The molecule has 0 fully saturated rings. The third kappa shape index (κ3) is 6.23. The average molecular weight is 399 g/mol. The molecule has 3 rings (SSSR count). The van der Waals surface area contributed by atoms with Gasteiger partial charge in [0, 0.05) is 11.3 Å². The largest absolute Gasteiger partial charge is 0.488 e. The summed E-state index contributed by atoms with van der Waals surface area (Å²) in [6, 6.07) is 22.6. The number of carbonyl (C=O) groups is 1. The Hall–Kier alpha value is -2.10. The van der Waals surface area contributed by atoms with Gasteiger partial charge < -0.3 is 9.53 Å². The second kappa shape index (κ2) is 9.72. The monoisotopic (exact) mass is 398 g/mol. The molecule has 1 atom stereocenters. The van der Waals surface area contributed by atoms with Gasteiger partial charge in [-0.05, 0) is 61.1 Å². The maximum atomic E-state index is 11.4. The van der Waals surface area contributed by atoms with Crippen LogP contribution in [0.3, 0.4) is 0 Å². The number of benzene rings is 2. The lowest BCUT2D eigenvalue weighted by atomic mass is 9.88. The standard InChI is InChI=1S/C23H23ClO2S/c1-17(25)7-10-20(19-5-3-2-4-6-19)15-18-8-11-21(12-9-18)26-16-22-13-14-23(24)27-22/h2-6,8-9,11-14,20H,7,10,15-16H2,1H3. The minimum Gasteiger partial charge on any atom is -0.488 e. The van der Waals surface area contributed by atoms with Crippen molar-refractivity contribution in [1.29, 1.82) is 0 Å². The molecule has 2 nitrogen and oxygen atoms in total. The van der Waals surface area contributed by atoms with Gasteiger partial charge in [-0.1, -0.05) is 54.1 Å². The number of halogens is 1. The summed E-state index contributed by atoms with van der Waals surface area (Å²) in [6.07, 6.45) is 2.40. The number of hydrogen-bond acceptors (Lipinski definition) is 3. The zero-order valence-electron chi connectivity index (χ0n) is 15.4. The van der Waals surface area contributed by atoms with E-state index < -0.39 is 0 Å². The van der Waals surface area contributed by atoms with E-state index in [0.29, 0.717) is 18.9 Å². The summed E-state index contributed by atoms with van der Waals surface area (Å²) >= 11 is 7.49. The number of thiophene rings is 1. The van der Waals surface area contributed by atoms with Crippen LogP contribution in [0.25, 0.3) is 0 Å². The summed E-state index contributed by atoms with van der Waals surface area (Å²) in [5.74, 6) is 1.44. The van der Waals surface area contributed by atoms with Crippen LogP contribution in [0.2, 0.25) is 4.34 Å². The average Bonchev–Trinajstić information content (AvgIpc) is 3.10. The third-order valence-electron chi connectivity index (χ3n) is 4.53. The van der Waals surface area contributed by atoms with Crippen LogP contribution < -0.4 is 4.74 Å². The molecule has 3 aromatic rings. The maximum absolute atomic E-state index is 11.4. The SMILES string of the molecule is CC(=O)CCC(Cc1ccc(OCc2ccc(Cl)s2)cc1)c1ccccc1. The van der Waals surface area contributed by atoms with Crippen LogP contribution in [0, 0.1) is 0 Å². The summed E-state index contributed by atoms with van der Waals surface area (Å²) in [7, 11) is 0. The molecular formula is C23H23ClO2S. The molecule has 4 heteroatoms. The predicted octanol–water partition coefficient (Wildman–Crippen LogP) is 6.68. The van der Waals surface area contributed by atoms with Crippen LogP contribution in [0.1, 0.15) is 41.7 Å². The van der Waals surface area contributed by atoms with E-state index in [4.69, 9.17) is 16.3 Å². The number of ether oxygens (including phenoxy) is 1. The summed E-state index contributed by atoms with van der Waals surface area (Å²) in [6.45, 7) is 2.19. The quantitative estimate of drug-likeness (QED) is 0.402. The lowest BCUT2D eigenvalue weighted by molar-refractivity contribution is -0.117. The normalized spacial score (nSPS) is 11.9. The highest BCUT2D eigenvalue weighted by molar-refractivity contribution is 7.16. The molecule has 2 aromatic carbocycles. The highest BCUT2D eigenvalue weighted by Crippen LogP contribution is 2.27. The van der Waals surface area contributed by atoms with Crippen LogP contribution in [-0.4, -0.2) is 5.78 Å². The third-order valence-corrected chi connectivity index (χ3v) is 5.74. The van der Waals surface area contributed by atoms with E-state index in [2.05, 4.69) is 36.4 Å². The lowest BCUT2D eigenvalue weighted by Gasteiger charge is -2.17. The van der Waals surface area contributed by atoms with E-state index in [-0.39, 0.29) is 5.78 Å². The smallest absolute Gasteiger partial charge is 0.129 e. The molecule has 0 aliphatic heterocycles. The van der Waals surface area contributed by atoms with Crippen molar-refractivity contribution < 1.29 is 9.53 Å². The Morgan fingerprint density at radius 3 is 2.41 bits per heavy atom. The van der Waals surface area contributed by atoms with Crippen LogP contribution in [-0.2, 0) is 17.8 Å². The molecule has 0 radical (unpaired) electrons. The molecule has 0 saturated carbocycles. The van der Waals surface area contributed by atoms with Gasteiger partial charge in [0.15, 0.2) is 0 Å². The molecule has 1 aromatic heterocycles. The molecule has 1 heterocycles. The summed E-state index contributed by atoms with van der Waals surface area (Å²) in [5, 5.41) is 0. The molecule has 27 heavy (non-hydrogen) atoms. The Morgan fingerprint density at radius 1 is 1.04 bits per heavy atom. The Labute approximate surface area is 169 Å². The van der Waals surface area contributed by atoms with E-state index in [1.54, 1.807) is 6.92 Å². The molecule has 0 spiro atoms. The molecule has 140 valence electrons. The maximum Gasteiger partial charge on any atom is 0.129 e. The Bertz CT molecular complexity index is 856. The topological polar surface area (TPSA) is 26.3 Å². The molecule has 0 amide bonds. The van der Waals surface area contributed by atoms with Gasteiger partial charge in [0.1, 0.15) is 18.1 Å². The Kier molecular flexibility index (Phi) is 7.08.